The van der Waals surface area contributed by atoms with E-state index in [0.29, 0.717) is 12.0 Å². The molecule has 0 heterocycles. The first kappa shape index (κ1) is 10.4. The van der Waals surface area contributed by atoms with Crippen LogP contribution in [0.25, 0.3) is 0 Å². The summed E-state index contributed by atoms with van der Waals surface area (Å²) in [7, 11) is 0. The summed E-state index contributed by atoms with van der Waals surface area (Å²) in [6.45, 7) is 1.91. The molecule has 0 aromatic carbocycles. The lowest BCUT2D eigenvalue weighted by Gasteiger charge is -1.95. The van der Waals surface area contributed by atoms with Gasteiger partial charge in [0.1, 0.15) is 0 Å². The van der Waals surface area contributed by atoms with Gasteiger partial charge in [-0.15, -0.1) is 0 Å². The van der Waals surface area contributed by atoms with Crippen LogP contribution in [0.4, 0.5) is 0 Å². The minimum Gasteiger partial charge on any atom is -0.478 e. The summed E-state index contributed by atoms with van der Waals surface area (Å²) in [5.74, 6) is -0.917. The number of allylic oxidation sites excluding steroid dienone is 3. The predicted molar refractivity (Wildman–Crippen MR) is 45.4 cm³/mol. The number of carbonyl (C=O) groups is 1. The first-order valence-electron chi connectivity index (χ1n) is 3.71. The van der Waals surface area contributed by atoms with Crippen LogP contribution < -0.4 is 0 Å². The molecule has 3 heteroatoms. The van der Waals surface area contributed by atoms with E-state index < -0.39 is 5.97 Å². The van der Waals surface area contributed by atoms with Gasteiger partial charge in [-0.05, 0) is 6.42 Å². The van der Waals surface area contributed by atoms with E-state index in [1.807, 2.05) is 6.92 Å². The molecule has 0 bridgehead atoms. The van der Waals surface area contributed by atoms with E-state index in [0.717, 1.165) is 6.42 Å². The van der Waals surface area contributed by atoms with Crippen molar-refractivity contribution >= 4 is 5.97 Å². The Morgan fingerprint density at radius 3 is 2.75 bits per heavy atom. The average Bonchev–Trinajstić information content (AvgIpc) is 2.03. The lowest BCUT2D eigenvalue weighted by atomic mass is 10.1. The summed E-state index contributed by atoms with van der Waals surface area (Å²) >= 11 is 0. The van der Waals surface area contributed by atoms with Crippen molar-refractivity contribution in [2.75, 3.05) is 0 Å². The fourth-order valence-electron chi connectivity index (χ4n) is 0.738. The highest BCUT2D eigenvalue weighted by atomic mass is 16.4. The molecule has 0 amide bonds. The maximum atomic E-state index is 10.5. The van der Waals surface area contributed by atoms with E-state index in [-0.39, 0.29) is 0 Å². The van der Waals surface area contributed by atoms with Gasteiger partial charge in [-0.25, -0.2) is 4.79 Å². The monoisotopic (exact) mass is 165 g/mol. The van der Waals surface area contributed by atoms with Crippen LogP contribution in [0.3, 0.4) is 0 Å². The zero-order chi connectivity index (χ0) is 9.40. The molecule has 1 N–H and O–H groups in total. The zero-order valence-electron chi connectivity index (χ0n) is 6.95. The topological polar surface area (TPSA) is 61.1 Å². The number of nitrogens with zero attached hydrogens (tertiary/aromatic N) is 1. The molecule has 0 saturated heterocycles. The molecular formula is C9H11NO2. The molecule has 0 aromatic heterocycles. The molecule has 0 saturated carbocycles. The summed E-state index contributed by atoms with van der Waals surface area (Å²) in [6.07, 6.45) is 5.47. The molecule has 0 spiro atoms. The van der Waals surface area contributed by atoms with E-state index in [1.54, 1.807) is 6.07 Å². The van der Waals surface area contributed by atoms with Crippen LogP contribution in [0.1, 0.15) is 19.8 Å². The molecular weight excluding hydrogens is 154 g/mol. The van der Waals surface area contributed by atoms with Crippen LogP contribution in [0.5, 0.6) is 0 Å². The number of carboxylic acid groups (broad SMARTS) is 1. The van der Waals surface area contributed by atoms with Gasteiger partial charge in [-0.3, -0.25) is 0 Å². The maximum absolute atomic E-state index is 10.5. The van der Waals surface area contributed by atoms with E-state index in [4.69, 9.17) is 10.4 Å². The van der Waals surface area contributed by atoms with E-state index in [2.05, 4.69) is 0 Å². The van der Waals surface area contributed by atoms with Gasteiger partial charge >= 0.3 is 5.97 Å². The second-order valence-corrected chi connectivity index (χ2v) is 2.24. The fraction of sp³-hybridized carbons (Fsp3) is 0.333. The molecule has 0 aliphatic carbocycles. The molecule has 0 atom stereocenters. The van der Waals surface area contributed by atoms with Crippen LogP contribution in [0.2, 0.25) is 0 Å². The van der Waals surface area contributed by atoms with Crippen LogP contribution in [-0.4, -0.2) is 11.1 Å². The van der Waals surface area contributed by atoms with E-state index in [1.165, 1.54) is 18.2 Å². The Morgan fingerprint density at radius 1 is 1.67 bits per heavy atom. The molecule has 64 valence electrons. The average molecular weight is 165 g/mol. The molecule has 3 nitrogen and oxygen atoms in total. The lowest BCUT2D eigenvalue weighted by molar-refractivity contribution is -0.132. The summed E-state index contributed by atoms with van der Waals surface area (Å²) in [4.78, 5) is 10.5. The van der Waals surface area contributed by atoms with Crippen molar-refractivity contribution in [3.8, 4) is 6.07 Å². The van der Waals surface area contributed by atoms with Gasteiger partial charge in [0.05, 0.1) is 6.07 Å². The van der Waals surface area contributed by atoms with Crippen molar-refractivity contribution < 1.29 is 9.90 Å². The third-order valence-electron chi connectivity index (χ3n) is 1.26. The van der Waals surface area contributed by atoms with Crippen LogP contribution in [0, 0.1) is 11.3 Å². The van der Waals surface area contributed by atoms with Gasteiger partial charge in [-0.1, -0.05) is 25.5 Å². The highest BCUT2D eigenvalue weighted by Crippen LogP contribution is 2.04. The van der Waals surface area contributed by atoms with E-state index >= 15 is 0 Å². The van der Waals surface area contributed by atoms with E-state index in [9.17, 15) is 4.79 Å². The van der Waals surface area contributed by atoms with Gasteiger partial charge in [0, 0.05) is 11.6 Å². The molecule has 0 aliphatic heterocycles. The normalized spacial score (nSPS) is 11.5. The zero-order valence-corrected chi connectivity index (χ0v) is 6.95. The Labute approximate surface area is 71.6 Å². The van der Waals surface area contributed by atoms with Crippen molar-refractivity contribution in [2.24, 2.45) is 0 Å². The van der Waals surface area contributed by atoms with Gasteiger partial charge in [0.25, 0.3) is 0 Å². The van der Waals surface area contributed by atoms with Crippen LogP contribution in [-0.2, 0) is 4.79 Å². The van der Waals surface area contributed by atoms with Crippen molar-refractivity contribution in [3.05, 3.63) is 23.8 Å². The minimum atomic E-state index is -0.917. The lowest BCUT2D eigenvalue weighted by Crippen LogP contribution is -1.99. The fourth-order valence-corrected chi connectivity index (χ4v) is 0.738. The third-order valence-corrected chi connectivity index (χ3v) is 1.26. The largest absolute Gasteiger partial charge is 0.478 e. The number of hydrogen-bond donors (Lipinski definition) is 1. The first-order chi connectivity index (χ1) is 5.72. The molecule has 0 aromatic rings. The minimum absolute atomic E-state index is 0.337. The van der Waals surface area contributed by atoms with Gasteiger partial charge in [-0.2, -0.15) is 5.26 Å². The molecule has 0 rings (SSSR count). The van der Waals surface area contributed by atoms with Crippen LogP contribution in [0.15, 0.2) is 23.8 Å². The molecule has 0 fully saturated rings. The molecule has 0 unspecified atom stereocenters. The number of hydrogen-bond acceptors (Lipinski definition) is 2. The number of aliphatic carboxylic acids is 1. The summed E-state index contributed by atoms with van der Waals surface area (Å²) < 4.78 is 0. The molecule has 12 heavy (non-hydrogen) atoms. The quantitative estimate of drug-likeness (QED) is 0.393. The maximum Gasteiger partial charge on any atom is 0.331 e. The summed E-state index contributed by atoms with van der Waals surface area (Å²) in [5.41, 5.74) is 0.337. The standard InChI is InChI=1S/C9H11NO2/c1-2-5-8(9(11)12)6-3-4-7-10/h3-4,6H,2,5H2,1H3,(H,11,12). The Hall–Kier alpha value is -1.56. The summed E-state index contributed by atoms with van der Waals surface area (Å²) in [5, 5.41) is 16.8. The Morgan fingerprint density at radius 2 is 2.33 bits per heavy atom. The van der Waals surface area contributed by atoms with Gasteiger partial charge in [0.2, 0.25) is 0 Å². The molecule has 0 radical (unpaired) electrons. The molecule has 0 aliphatic rings. The second-order valence-electron chi connectivity index (χ2n) is 2.24. The second kappa shape index (κ2) is 6.17. The van der Waals surface area contributed by atoms with Crippen LogP contribution >= 0.6 is 0 Å². The Bertz CT molecular complexity index is 246. The van der Waals surface area contributed by atoms with Gasteiger partial charge < -0.3 is 5.11 Å². The van der Waals surface area contributed by atoms with Crippen molar-refractivity contribution in [3.63, 3.8) is 0 Å². The number of carboxylic acids is 1. The predicted octanol–water partition coefficient (Wildman–Crippen LogP) is 1.88. The van der Waals surface area contributed by atoms with Gasteiger partial charge in [0.15, 0.2) is 0 Å². The highest BCUT2D eigenvalue weighted by Gasteiger charge is 2.02. The summed E-state index contributed by atoms with van der Waals surface area (Å²) in [6, 6.07) is 1.79. The smallest absolute Gasteiger partial charge is 0.331 e. The van der Waals surface area contributed by atoms with Crippen molar-refractivity contribution in [1.29, 1.82) is 5.26 Å². The Kier molecular flexibility index (Phi) is 5.37. The first-order valence-corrected chi connectivity index (χ1v) is 3.71. The highest BCUT2D eigenvalue weighted by molar-refractivity contribution is 5.86. The van der Waals surface area contributed by atoms with Crippen molar-refractivity contribution in [1.82, 2.24) is 0 Å². The third kappa shape index (κ3) is 4.29. The Balaban J connectivity index is 4.30. The number of rotatable bonds is 4. The number of nitriles is 1. The SMILES string of the molecule is CCCC(=CC=CC#N)C(=O)O. The van der Waals surface area contributed by atoms with Crippen molar-refractivity contribution in [2.45, 2.75) is 19.8 Å².